The lowest BCUT2D eigenvalue weighted by Gasteiger charge is -2.00. The van der Waals surface area contributed by atoms with Crippen LogP contribution in [0.2, 0.25) is 10.2 Å². The van der Waals surface area contributed by atoms with Gasteiger partial charge < -0.3 is 0 Å². The minimum Gasteiger partial charge on any atom is -0.295 e. The summed E-state index contributed by atoms with van der Waals surface area (Å²) in [5, 5.41) is 1.02. The Bertz CT molecular complexity index is 693. The van der Waals surface area contributed by atoms with Crippen molar-refractivity contribution in [2.75, 3.05) is 0 Å². The van der Waals surface area contributed by atoms with Gasteiger partial charge in [0.2, 0.25) is 0 Å². The summed E-state index contributed by atoms with van der Waals surface area (Å²) < 4.78 is 1.83. The molecule has 84 valence electrons. The maximum absolute atomic E-state index is 5.95. The maximum atomic E-state index is 5.95. The van der Waals surface area contributed by atoms with Crippen LogP contribution in [0.4, 0.5) is 0 Å². The van der Waals surface area contributed by atoms with Gasteiger partial charge in [-0.2, -0.15) is 0 Å². The van der Waals surface area contributed by atoms with Gasteiger partial charge >= 0.3 is 0 Å². The first-order valence-corrected chi connectivity index (χ1v) is 5.61. The van der Waals surface area contributed by atoms with Crippen LogP contribution in [0.15, 0.2) is 36.8 Å². The molecule has 0 bridgehead atoms. The fourth-order valence-electron chi connectivity index (χ4n) is 1.58. The van der Waals surface area contributed by atoms with E-state index in [1.165, 1.54) is 0 Å². The summed E-state index contributed by atoms with van der Waals surface area (Å²) in [5.41, 5.74) is 1.54. The van der Waals surface area contributed by atoms with E-state index < -0.39 is 0 Å². The van der Waals surface area contributed by atoms with Crippen molar-refractivity contribution in [2.24, 2.45) is 0 Å². The van der Waals surface area contributed by atoms with Gasteiger partial charge in [0.05, 0.1) is 11.2 Å². The molecule has 0 aliphatic heterocycles. The first-order chi connectivity index (χ1) is 8.24. The molecule has 0 aliphatic rings. The van der Waals surface area contributed by atoms with Gasteiger partial charge in [0.1, 0.15) is 16.5 Å². The van der Waals surface area contributed by atoms with Crippen molar-refractivity contribution >= 4 is 28.8 Å². The molecule has 0 atom stereocenters. The SMILES string of the molecule is Clc1ccc2ncc(-c3nccc(Cl)n3)n2c1. The van der Waals surface area contributed by atoms with E-state index in [4.69, 9.17) is 23.2 Å². The molecule has 6 heteroatoms. The molecule has 3 rings (SSSR count). The Kier molecular flexibility index (Phi) is 2.46. The van der Waals surface area contributed by atoms with Crippen molar-refractivity contribution in [3.05, 3.63) is 47.0 Å². The van der Waals surface area contributed by atoms with Gasteiger partial charge in [-0.05, 0) is 18.2 Å². The molecule has 0 spiro atoms. The molecule has 0 fully saturated rings. The van der Waals surface area contributed by atoms with E-state index in [1.807, 2.05) is 10.5 Å². The monoisotopic (exact) mass is 264 g/mol. The molecule has 0 unspecified atom stereocenters. The van der Waals surface area contributed by atoms with E-state index in [0.29, 0.717) is 16.0 Å². The van der Waals surface area contributed by atoms with Gasteiger partial charge in [-0.3, -0.25) is 4.40 Å². The number of rotatable bonds is 1. The lowest BCUT2D eigenvalue weighted by molar-refractivity contribution is 1.11. The largest absolute Gasteiger partial charge is 0.295 e. The molecule has 0 saturated heterocycles. The second-order valence-corrected chi connectivity index (χ2v) is 4.25. The van der Waals surface area contributed by atoms with Crippen LogP contribution in [0, 0.1) is 0 Å². The molecule has 0 aliphatic carbocycles. The summed E-state index contributed by atoms with van der Waals surface area (Å²) in [6, 6.07) is 5.24. The Labute approximate surface area is 107 Å². The second kappa shape index (κ2) is 3.98. The van der Waals surface area contributed by atoms with Crippen LogP contribution < -0.4 is 0 Å². The smallest absolute Gasteiger partial charge is 0.179 e. The predicted octanol–water partition coefficient (Wildman–Crippen LogP) is 3.10. The topological polar surface area (TPSA) is 43.1 Å². The minimum atomic E-state index is 0.395. The van der Waals surface area contributed by atoms with Crippen molar-refractivity contribution in [3.8, 4) is 11.5 Å². The highest BCUT2D eigenvalue weighted by Crippen LogP contribution is 2.20. The number of fused-ring (bicyclic) bond motifs is 1. The van der Waals surface area contributed by atoms with Crippen LogP contribution in [0.3, 0.4) is 0 Å². The lowest BCUT2D eigenvalue weighted by atomic mass is 10.4. The van der Waals surface area contributed by atoms with E-state index in [9.17, 15) is 0 Å². The van der Waals surface area contributed by atoms with Crippen LogP contribution >= 0.6 is 23.2 Å². The highest BCUT2D eigenvalue weighted by molar-refractivity contribution is 6.30. The van der Waals surface area contributed by atoms with Crippen molar-refractivity contribution in [1.29, 1.82) is 0 Å². The average molecular weight is 265 g/mol. The fraction of sp³-hybridized carbons (Fsp3) is 0. The zero-order valence-electron chi connectivity index (χ0n) is 8.51. The number of hydrogen-bond donors (Lipinski definition) is 0. The van der Waals surface area contributed by atoms with E-state index in [2.05, 4.69) is 15.0 Å². The number of pyridine rings is 1. The van der Waals surface area contributed by atoms with E-state index in [1.54, 1.807) is 30.7 Å². The summed E-state index contributed by atoms with van der Waals surface area (Å²) in [6.45, 7) is 0. The van der Waals surface area contributed by atoms with Crippen molar-refractivity contribution < 1.29 is 0 Å². The first kappa shape index (κ1) is 10.5. The summed E-state index contributed by atoms with van der Waals surface area (Å²) in [5.74, 6) is 0.521. The quantitative estimate of drug-likeness (QED) is 0.635. The molecule has 0 amide bonds. The highest BCUT2D eigenvalue weighted by Gasteiger charge is 2.08. The summed E-state index contributed by atoms with van der Waals surface area (Å²) in [7, 11) is 0. The molecule has 0 radical (unpaired) electrons. The fourth-order valence-corrected chi connectivity index (χ4v) is 1.88. The van der Waals surface area contributed by atoms with Crippen LogP contribution in [0.1, 0.15) is 0 Å². The van der Waals surface area contributed by atoms with Crippen LogP contribution in [0.25, 0.3) is 17.2 Å². The molecule has 17 heavy (non-hydrogen) atoms. The molecule has 0 aromatic carbocycles. The normalized spacial score (nSPS) is 10.9. The number of halogens is 2. The third-order valence-corrected chi connectivity index (χ3v) is 2.75. The standard InChI is InChI=1S/C11H6Cl2N4/c12-7-1-2-10-15-5-8(17(10)6-7)11-14-4-3-9(13)16-11/h1-6H. The Balaban J connectivity index is 2.27. The molecule has 3 aromatic rings. The molecule has 4 nitrogen and oxygen atoms in total. The zero-order valence-corrected chi connectivity index (χ0v) is 10.0. The van der Waals surface area contributed by atoms with Crippen LogP contribution in [-0.4, -0.2) is 19.4 Å². The number of imidazole rings is 1. The number of nitrogens with zero attached hydrogens (tertiary/aromatic N) is 4. The van der Waals surface area contributed by atoms with Gasteiger partial charge in [-0.1, -0.05) is 23.2 Å². The average Bonchev–Trinajstić information content (AvgIpc) is 2.71. The van der Waals surface area contributed by atoms with Gasteiger partial charge in [0.25, 0.3) is 0 Å². The van der Waals surface area contributed by atoms with Crippen LogP contribution in [-0.2, 0) is 0 Å². The van der Waals surface area contributed by atoms with Crippen LogP contribution in [0.5, 0.6) is 0 Å². The zero-order chi connectivity index (χ0) is 11.8. The molecule has 0 N–H and O–H groups in total. The number of hydrogen-bond acceptors (Lipinski definition) is 3. The van der Waals surface area contributed by atoms with Gasteiger partial charge in [0, 0.05) is 12.4 Å². The minimum absolute atomic E-state index is 0.395. The molecular formula is C11H6Cl2N4. The Hall–Kier alpha value is -1.65. The highest BCUT2D eigenvalue weighted by atomic mass is 35.5. The summed E-state index contributed by atoms with van der Waals surface area (Å²) in [4.78, 5) is 12.6. The summed E-state index contributed by atoms with van der Waals surface area (Å²) in [6.07, 6.45) is 5.06. The van der Waals surface area contributed by atoms with E-state index in [0.717, 1.165) is 11.3 Å². The third kappa shape index (κ3) is 1.85. The molecule has 0 saturated carbocycles. The second-order valence-electron chi connectivity index (χ2n) is 3.42. The third-order valence-electron chi connectivity index (χ3n) is 2.32. The van der Waals surface area contributed by atoms with E-state index in [-0.39, 0.29) is 0 Å². The van der Waals surface area contributed by atoms with Crippen molar-refractivity contribution in [1.82, 2.24) is 19.4 Å². The van der Waals surface area contributed by atoms with E-state index >= 15 is 0 Å². The Morgan fingerprint density at radius 2 is 1.94 bits per heavy atom. The van der Waals surface area contributed by atoms with Crippen molar-refractivity contribution in [3.63, 3.8) is 0 Å². The maximum Gasteiger partial charge on any atom is 0.179 e. The van der Waals surface area contributed by atoms with Gasteiger partial charge in [0.15, 0.2) is 5.82 Å². The lowest BCUT2D eigenvalue weighted by Crippen LogP contribution is -1.93. The van der Waals surface area contributed by atoms with Gasteiger partial charge in [-0.15, -0.1) is 0 Å². The van der Waals surface area contributed by atoms with Crippen molar-refractivity contribution in [2.45, 2.75) is 0 Å². The predicted molar refractivity (Wildman–Crippen MR) is 66.2 cm³/mol. The first-order valence-electron chi connectivity index (χ1n) is 4.85. The van der Waals surface area contributed by atoms with Gasteiger partial charge in [-0.25, -0.2) is 15.0 Å². The Morgan fingerprint density at radius 3 is 2.76 bits per heavy atom. The molecular weight excluding hydrogens is 259 g/mol. The number of aromatic nitrogens is 4. The Morgan fingerprint density at radius 1 is 1.06 bits per heavy atom. The molecule has 3 heterocycles. The summed E-state index contributed by atoms with van der Waals surface area (Å²) >= 11 is 11.8. The molecule has 3 aromatic heterocycles.